The average molecular weight is 303 g/mol. The summed E-state index contributed by atoms with van der Waals surface area (Å²) in [5.74, 6) is -0.156. The van der Waals surface area contributed by atoms with Crippen molar-refractivity contribution in [2.24, 2.45) is 0 Å². The van der Waals surface area contributed by atoms with Gasteiger partial charge in [-0.2, -0.15) is 0 Å². The van der Waals surface area contributed by atoms with Crippen LogP contribution in [0.3, 0.4) is 0 Å². The SMILES string of the molecule is CN(CC(=O)NC(C)(C)C)C(=O)N[C@@H]1CCc2ccccc21. The van der Waals surface area contributed by atoms with Gasteiger partial charge in [-0.15, -0.1) is 0 Å². The highest BCUT2D eigenvalue weighted by Crippen LogP contribution is 2.30. The van der Waals surface area contributed by atoms with Gasteiger partial charge in [0, 0.05) is 12.6 Å². The third kappa shape index (κ3) is 4.23. The Labute approximate surface area is 132 Å². The molecule has 0 aromatic heterocycles. The van der Waals surface area contributed by atoms with Crippen molar-refractivity contribution in [2.45, 2.75) is 45.2 Å². The smallest absolute Gasteiger partial charge is 0.318 e. The standard InChI is InChI=1S/C17H25N3O2/c1-17(2,3)19-15(21)11-20(4)16(22)18-14-10-9-12-7-5-6-8-13(12)14/h5-8,14H,9-11H2,1-4H3,(H,18,22)(H,19,21)/t14-/m1/s1. The second-order valence-corrected chi connectivity index (χ2v) is 6.89. The zero-order valence-corrected chi connectivity index (χ0v) is 13.8. The van der Waals surface area contributed by atoms with Crippen LogP contribution in [0.15, 0.2) is 24.3 Å². The molecule has 1 atom stereocenters. The van der Waals surface area contributed by atoms with Crippen molar-refractivity contribution in [1.29, 1.82) is 0 Å². The highest BCUT2D eigenvalue weighted by atomic mass is 16.2. The molecule has 1 aromatic rings. The van der Waals surface area contributed by atoms with Gasteiger partial charge in [-0.05, 0) is 44.7 Å². The van der Waals surface area contributed by atoms with Crippen LogP contribution in [-0.2, 0) is 11.2 Å². The van der Waals surface area contributed by atoms with Crippen molar-refractivity contribution in [3.63, 3.8) is 0 Å². The fourth-order valence-electron chi connectivity index (χ4n) is 2.71. The van der Waals surface area contributed by atoms with Gasteiger partial charge in [0.2, 0.25) is 5.91 Å². The minimum atomic E-state index is -0.293. The Bertz CT molecular complexity index is 563. The monoisotopic (exact) mass is 303 g/mol. The summed E-state index contributed by atoms with van der Waals surface area (Å²) >= 11 is 0. The van der Waals surface area contributed by atoms with E-state index >= 15 is 0 Å². The Balaban J connectivity index is 1.89. The number of hydrogen-bond acceptors (Lipinski definition) is 2. The van der Waals surface area contributed by atoms with Gasteiger partial charge in [-0.1, -0.05) is 24.3 Å². The van der Waals surface area contributed by atoms with E-state index in [-0.39, 0.29) is 30.1 Å². The van der Waals surface area contributed by atoms with Crippen LogP contribution in [0.1, 0.15) is 44.4 Å². The first kappa shape index (κ1) is 16.3. The average Bonchev–Trinajstić information content (AvgIpc) is 2.80. The van der Waals surface area contributed by atoms with Gasteiger partial charge in [0.05, 0.1) is 6.04 Å². The molecule has 0 saturated heterocycles. The lowest BCUT2D eigenvalue weighted by Gasteiger charge is -2.24. The number of hydrogen-bond donors (Lipinski definition) is 2. The fourth-order valence-corrected chi connectivity index (χ4v) is 2.71. The third-order valence-corrected chi connectivity index (χ3v) is 3.67. The van der Waals surface area contributed by atoms with E-state index in [1.54, 1.807) is 7.05 Å². The lowest BCUT2D eigenvalue weighted by atomic mass is 10.1. The lowest BCUT2D eigenvalue weighted by molar-refractivity contribution is -0.122. The highest BCUT2D eigenvalue weighted by molar-refractivity contribution is 5.84. The summed E-state index contributed by atoms with van der Waals surface area (Å²) in [6, 6.07) is 7.99. The van der Waals surface area contributed by atoms with Gasteiger partial charge in [-0.25, -0.2) is 4.79 Å². The van der Waals surface area contributed by atoms with E-state index in [0.29, 0.717) is 0 Å². The number of likely N-dealkylation sites (N-methyl/N-ethyl adjacent to an activating group) is 1. The number of fused-ring (bicyclic) bond motifs is 1. The maximum atomic E-state index is 12.2. The van der Waals surface area contributed by atoms with Crippen molar-refractivity contribution < 1.29 is 9.59 Å². The lowest BCUT2D eigenvalue weighted by Crippen LogP contribution is -2.48. The molecule has 5 nitrogen and oxygen atoms in total. The molecule has 0 fully saturated rings. The number of aryl methyl sites for hydroxylation is 1. The molecule has 1 aliphatic carbocycles. The van der Waals surface area contributed by atoms with Gasteiger partial charge < -0.3 is 15.5 Å². The van der Waals surface area contributed by atoms with Crippen molar-refractivity contribution in [3.05, 3.63) is 35.4 Å². The number of nitrogens with zero attached hydrogens (tertiary/aromatic N) is 1. The van der Waals surface area contributed by atoms with Gasteiger partial charge in [0.1, 0.15) is 6.54 Å². The van der Waals surface area contributed by atoms with Crippen molar-refractivity contribution in [1.82, 2.24) is 15.5 Å². The molecule has 2 rings (SSSR count). The Morgan fingerprint density at radius 2 is 1.95 bits per heavy atom. The normalized spacial score (nSPS) is 16.8. The van der Waals surface area contributed by atoms with E-state index in [1.807, 2.05) is 32.9 Å². The number of urea groups is 1. The Kier molecular flexibility index (Phi) is 4.74. The first-order valence-corrected chi connectivity index (χ1v) is 7.67. The summed E-state index contributed by atoms with van der Waals surface area (Å²) in [5.41, 5.74) is 2.18. The molecule has 0 aliphatic heterocycles. The molecule has 0 bridgehead atoms. The van der Waals surface area contributed by atoms with Crippen LogP contribution >= 0.6 is 0 Å². The second kappa shape index (κ2) is 6.38. The summed E-state index contributed by atoms with van der Waals surface area (Å²) in [6.45, 7) is 5.80. The molecule has 0 spiro atoms. The second-order valence-electron chi connectivity index (χ2n) is 6.89. The van der Waals surface area contributed by atoms with Crippen molar-refractivity contribution >= 4 is 11.9 Å². The van der Waals surface area contributed by atoms with Crippen molar-refractivity contribution in [3.8, 4) is 0 Å². The van der Waals surface area contributed by atoms with E-state index in [1.165, 1.54) is 16.0 Å². The third-order valence-electron chi connectivity index (χ3n) is 3.67. The molecule has 3 amide bonds. The molecule has 0 unspecified atom stereocenters. The van der Waals surface area contributed by atoms with Crippen LogP contribution in [0.2, 0.25) is 0 Å². The molecule has 1 aliphatic rings. The zero-order chi connectivity index (χ0) is 16.3. The van der Waals surface area contributed by atoms with E-state index in [2.05, 4.69) is 22.8 Å². The van der Waals surface area contributed by atoms with Crippen LogP contribution in [0.25, 0.3) is 0 Å². The highest BCUT2D eigenvalue weighted by Gasteiger charge is 2.25. The van der Waals surface area contributed by atoms with Crippen LogP contribution < -0.4 is 10.6 Å². The minimum Gasteiger partial charge on any atom is -0.350 e. The molecule has 2 N–H and O–H groups in total. The largest absolute Gasteiger partial charge is 0.350 e. The first-order valence-electron chi connectivity index (χ1n) is 7.67. The Hall–Kier alpha value is -2.04. The fraction of sp³-hybridized carbons (Fsp3) is 0.529. The van der Waals surface area contributed by atoms with Gasteiger partial charge in [0.25, 0.3) is 0 Å². The Morgan fingerprint density at radius 1 is 1.27 bits per heavy atom. The zero-order valence-electron chi connectivity index (χ0n) is 13.8. The van der Waals surface area contributed by atoms with Crippen LogP contribution in [0.4, 0.5) is 4.79 Å². The molecule has 0 heterocycles. The summed E-state index contributed by atoms with van der Waals surface area (Å²) in [5, 5.41) is 5.86. The molecular weight excluding hydrogens is 278 g/mol. The maximum Gasteiger partial charge on any atom is 0.318 e. The molecule has 5 heteroatoms. The van der Waals surface area contributed by atoms with Gasteiger partial charge >= 0.3 is 6.03 Å². The maximum absolute atomic E-state index is 12.2. The van der Waals surface area contributed by atoms with E-state index in [4.69, 9.17) is 0 Å². The molecule has 1 aromatic carbocycles. The summed E-state index contributed by atoms with van der Waals surface area (Å²) in [6.07, 6.45) is 1.89. The van der Waals surface area contributed by atoms with Gasteiger partial charge in [0.15, 0.2) is 0 Å². The van der Waals surface area contributed by atoms with E-state index in [0.717, 1.165) is 12.8 Å². The van der Waals surface area contributed by atoms with Crippen LogP contribution in [-0.4, -0.2) is 36.0 Å². The molecular formula is C17H25N3O2. The predicted octanol–water partition coefficient (Wildman–Crippen LogP) is 2.23. The number of rotatable bonds is 3. The van der Waals surface area contributed by atoms with Crippen molar-refractivity contribution in [2.75, 3.05) is 13.6 Å². The van der Waals surface area contributed by atoms with Gasteiger partial charge in [-0.3, -0.25) is 4.79 Å². The number of carbonyl (C=O) groups is 2. The quantitative estimate of drug-likeness (QED) is 0.899. The van der Waals surface area contributed by atoms with E-state index in [9.17, 15) is 9.59 Å². The molecule has 22 heavy (non-hydrogen) atoms. The van der Waals surface area contributed by atoms with Crippen LogP contribution in [0.5, 0.6) is 0 Å². The summed E-state index contributed by atoms with van der Waals surface area (Å²) < 4.78 is 0. The number of nitrogens with one attached hydrogen (secondary N) is 2. The van der Waals surface area contributed by atoms with E-state index < -0.39 is 0 Å². The molecule has 0 radical (unpaired) electrons. The molecule has 0 saturated carbocycles. The number of amides is 3. The topological polar surface area (TPSA) is 61.4 Å². The predicted molar refractivity (Wildman–Crippen MR) is 86.6 cm³/mol. The number of benzene rings is 1. The molecule has 120 valence electrons. The summed E-state index contributed by atoms with van der Waals surface area (Å²) in [4.78, 5) is 25.5. The summed E-state index contributed by atoms with van der Waals surface area (Å²) in [7, 11) is 1.64. The minimum absolute atomic E-state index is 0.0387. The van der Waals surface area contributed by atoms with Crippen LogP contribution in [0, 0.1) is 0 Å². The first-order chi connectivity index (χ1) is 10.3. The number of carbonyl (C=O) groups excluding carboxylic acids is 2. The Morgan fingerprint density at radius 3 is 2.64 bits per heavy atom.